The lowest BCUT2D eigenvalue weighted by Gasteiger charge is -2.21. The van der Waals surface area contributed by atoms with Gasteiger partial charge in [0.1, 0.15) is 12.4 Å². The van der Waals surface area contributed by atoms with Crippen molar-refractivity contribution in [2.75, 3.05) is 13.1 Å². The third-order valence-electron chi connectivity index (χ3n) is 1.87. The van der Waals surface area contributed by atoms with Gasteiger partial charge < -0.3 is 0 Å². The minimum atomic E-state index is -0.163. The van der Waals surface area contributed by atoms with Gasteiger partial charge in [-0.1, -0.05) is 0 Å². The minimum Gasteiger partial charge on any atom is -0.287 e. The van der Waals surface area contributed by atoms with Crippen LogP contribution in [0.3, 0.4) is 0 Å². The number of amides is 1. The zero-order valence-corrected chi connectivity index (χ0v) is 6.32. The predicted octanol–water partition coefficient (Wildman–Crippen LogP) is -0.743. The van der Waals surface area contributed by atoms with Gasteiger partial charge >= 0.3 is 0 Å². The highest BCUT2D eigenvalue weighted by Gasteiger charge is 2.35. The van der Waals surface area contributed by atoms with Crippen LogP contribution >= 0.6 is 0 Å². The number of guanidine groups is 1. The van der Waals surface area contributed by atoms with E-state index in [1.54, 1.807) is 0 Å². The van der Waals surface area contributed by atoms with Crippen LogP contribution in [0.1, 0.15) is 6.42 Å². The summed E-state index contributed by atoms with van der Waals surface area (Å²) in [6, 6.07) is 0. The topological polar surface area (TPSA) is 80.0 Å². The number of fused-ring (bicyclic) bond motifs is 1. The molecule has 12 heavy (non-hydrogen) atoms. The number of carbonyl (C=O) groups is 1. The number of rotatable bonds is 0. The van der Waals surface area contributed by atoms with Crippen LogP contribution in [0.15, 0.2) is 4.99 Å². The molecule has 64 valence electrons. The van der Waals surface area contributed by atoms with Crippen LogP contribution in [-0.2, 0) is 4.79 Å². The van der Waals surface area contributed by atoms with Gasteiger partial charge in [-0.05, 0) is 0 Å². The van der Waals surface area contributed by atoms with E-state index in [0.29, 0.717) is 13.0 Å². The van der Waals surface area contributed by atoms with Gasteiger partial charge in [-0.3, -0.25) is 20.3 Å². The number of nitrogens with zero attached hydrogens (tertiary/aromatic N) is 3. The molecule has 0 radical (unpaired) electrons. The van der Waals surface area contributed by atoms with Crippen LogP contribution in [0.25, 0.3) is 0 Å². The molecule has 0 aliphatic carbocycles. The van der Waals surface area contributed by atoms with E-state index in [1.165, 1.54) is 4.90 Å². The number of hydroxylamine groups is 2. The summed E-state index contributed by atoms with van der Waals surface area (Å²) in [5.41, 5.74) is 0. The van der Waals surface area contributed by atoms with Crippen molar-refractivity contribution in [3.63, 3.8) is 0 Å². The normalized spacial score (nSPS) is 22.9. The van der Waals surface area contributed by atoms with Crippen molar-refractivity contribution >= 4 is 17.7 Å². The fraction of sp³-hybridized carbons (Fsp3) is 0.500. The Morgan fingerprint density at radius 3 is 3.08 bits per heavy atom. The van der Waals surface area contributed by atoms with Gasteiger partial charge in [0.05, 0.1) is 0 Å². The molecule has 0 aromatic heterocycles. The number of hydrogen-bond donors (Lipinski definition) is 2. The van der Waals surface area contributed by atoms with E-state index < -0.39 is 0 Å². The van der Waals surface area contributed by atoms with Gasteiger partial charge in [-0.15, -0.1) is 0 Å². The van der Waals surface area contributed by atoms with Gasteiger partial charge in [-0.25, -0.2) is 5.06 Å². The second-order valence-corrected chi connectivity index (χ2v) is 2.71. The SMILES string of the molecule is N=C1CCN2C(=O)CN(O)C2=N1. The molecule has 0 spiro atoms. The van der Waals surface area contributed by atoms with Crippen molar-refractivity contribution in [1.82, 2.24) is 9.96 Å². The molecule has 1 amide bonds. The Balaban J connectivity index is 2.35. The summed E-state index contributed by atoms with van der Waals surface area (Å²) in [5.74, 6) is 0.231. The van der Waals surface area contributed by atoms with E-state index >= 15 is 0 Å². The lowest BCUT2D eigenvalue weighted by molar-refractivity contribution is -0.127. The summed E-state index contributed by atoms with van der Waals surface area (Å²) in [6.45, 7) is 0.402. The quantitative estimate of drug-likeness (QED) is 0.499. The summed E-state index contributed by atoms with van der Waals surface area (Å²) in [7, 11) is 0. The van der Waals surface area contributed by atoms with Crippen molar-refractivity contribution in [3.05, 3.63) is 0 Å². The molecule has 6 nitrogen and oxygen atoms in total. The standard InChI is InChI=1S/C6H8N4O2/c7-4-1-2-9-5(11)3-10(12)6(9)8-4/h7,12H,1-3H2. The van der Waals surface area contributed by atoms with E-state index in [1.807, 2.05) is 0 Å². The number of aliphatic imine (C=N–C) groups is 1. The first-order valence-electron chi connectivity index (χ1n) is 3.61. The highest BCUT2D eigenvalue weighted by Crippen LogP contribution is 2.13. The highest BCUT2D eigenvalue weighted by atomic mass is 16.5. The lowest BCUT2D eigenvalue weighted by Crippen LogP contribution is -2.38. The van der Waals surface area contributed by atoms with Crippen LogP contribution in [-0.4, -0.2) is 46.0 Å². The van der Waals surface area contributed by atoms with Crippen molar-refractivity contribution in [1.29, 1.82) is 5.41 Å². The second-order valence-electron chi connectivity index (χ2n) is 2.71. The molecule has 1 fully saturated rings. The van der Waals surface area contributed by atoms with E-state index in [9.17, 15) is 4.79 Å². The first-order chi connectivity index (χ1) is 5.68. The molecule has 6 heteroatoms. The maximum absolute atomic E-state index is 11.1. The molecule has 2 rings (SSSR count). The lowest BCUT2D eigenvalue weighted by atomic mass is 10.3. The number of hydrogen-bond acceptors (Lipinski definition) is 4. The Morgan fingerprint density at radius 1 is 1.58 bits per heavy atom. The Morgan fingerprint density at radius 2 is 2.33 bits per heavy atom. The molecule has 2 N–H and O–H groups in total. The van der Waals surface area contributed by atoms with Gasteiger partial charge in [0.15, 0.2) is 0 Å². The summed E-state index contributed by atoms with van der Waals surface area (Å²) < 4.78 is 0. The summed E-state index contributed by atoms with van der Waals surface area (Å²) in [4.78, 5) is 16.2. The van der Waals surface area contributed by atoms with Crippen molar-refractivity contribution < 1.29 is 10.0 Å². The molecule has 0 aromatic rings. The average molecular weight is 168 g/mol. The molecule has 0 bridgehead atoms. The van der Waals surface area contributed by atoms with Crippen LogP contribution in [0.2, 0.25) is 0 Å². The smallest absolute Gasteiger partial charge is 0.251 e. The van der Waals surface area contributed by atoms with Crippen molar-refractivity contribution in [3.8, 4) is 0 Å². The fourth-order valence-electron chi connectivity index (χ4n) is 1.27. The van der Waals surface area contributed by atoms with E-state index in [4.69, 9.17) is 10.6 Å². The second kappa shape index (κ2) is 2.28. The zero-order chi connectivity index (χ0) is 8.72. The molecular formula is C6H8N4O2. The maximum atomic E-state index is 11.1. The van der Waals surface area contributed by atoms with Crippen LogP contribution in [0, 0.1) is 5.41 Å². The summed E-state index contributed by atoms with van der Waals surface area (Å²) >= 11 is 0. The molecular weight excluding hydrogens is 160 g/mol. The van der Waals surface area contributed by atoms with Crippen LogP contribution in [0.4, 0.5) is 0 Å². The number of amidine groups is 1. The largest absolute Gasteiger partial charge is 0.287 e. The molecule has 1 saturated heterocycles. The van der Waals surface area contributed by atoms with Crippen LogP contribution < -0.4 is 0 Å². The Hall–Kier alpha value is -1.43. The van der Waals surface area contributed by atoms with Crippen molar-refractivity contribution in [2.45, 2.75) is 6.42 Å². The molecule has 0 aromatic carbocycles. The van der Waals surface area contributed by atoms with E-state index in [-0.39, 0.29) is 24.2 Å². The third kappa shape index (κ3) is 0.884. The van der Waals surface area contributed by atoms with Gasteiger partial charge in [0.2, 0.25) is 5.96 Å². The Bertz CT molecular complexity index is 285. The first kappa shape index (κ1) is 7.23. The van der Waals surface area contributed by atoms with E-state index in [0.717, 1.165) is 5.06 Å². The fourth-order valence-corrected chi connectivity index (χ4v) is 1.27. The Kier molecular flexibility index (Phi) is 1.37. The molecule has 2 aliphatic heterocycles. The number of nitrogens with one attached hydrogen (secondary N) is 1. The molecule has 0 unspecified atom stereocenters. The molecule has 2 heterocycles. The number of carbonyl (C=O) groups excluding carboxylic acids is 1. The highest BCUT2D eigenvalue weighted by molar-refractivity contribution is 6.09. The molecule has 2 aliphatic rings. The molecule has 0 saturated carbocycles. The Labute approximate surface area is 68.6 Å². The summed E-state index contributed by atoms with van der Waals surface area (Å²) in [6.07, 6.45) is 0.461. The maximum Gasteiger partial charge on any atom is 0.251 e. The average Bonchev–Trinajstić information content (AvgIpc) is 2.28. The van der Waals surface area contributed by atoms with Gasteiger partial charge in [0.25, 0.3) is 5.91 Å². The van der Waals surface area contributed by atoms with Gasteiger partial charge in [0, 0.05) is 13.0 Å². The third-order valence-corrected chi connectivity index (χ3v) is 1.87. The van der Waals surface area contributed by atoms with Crippen molar-refractivity contribution in [2.24, 2.45) is 4.99 Å². The van der Waals surface area contributed by atoms with Crippen LogP contribution in [0.5, 0.6) is 0 Å². The first-order valence-corrected chi connectivity index (χ1v) is 3.61. The summed E-state index contributed by atoms with van der Waals surface area (Å²) in [5, 5.41) is 17.2. The molecule has 0 atom stereocenters. The zero-order valence-electron chi connectivity index (χ0n) is 6.32. The predicted molar refractivity (Wildman–Crippen MR) is 40.0 cm³/mol. The van der Waals surface area contributed by atoms with E-state index in [2.05, 4.69) is 4.99 Å². The minimum absolute atomic E-state index is 0.0495. The van der Waals surface area contributed by atoms with Gasteiger partial charge in [-0.2, -0.15) is 4.99 Å². The monoisotopic (exact) mass is 168 g/mol.